The number of halogens is 1. The summed E-state index contributed by atoms with van der Waals surface area (Å²) in [5.41, 5.74) is 0. The van der Waals surface area contributed by atoms with Gasteiger partial charge in [-0.25, -0.2) is 0 Å². The summed E-state index contributed by atoms with van der Waals surface area (Å²) in [6.07, 6.45) is 6.99. The average Bonchev–Trinajstić information content (AvgIpc) is 2.57. The lowest BCUT2D eigenvalue weighted by Gasteiger charge is -2.36. The largest absolute Gasteiger partial charge is 0.508 e. The summed E-state index contributed by atoms with van der Waals surface area (Å²) in [4.78, 5) is 3.51. The average molecular weight is 282 g/mol. The number of nitrogens with zero attached hydrogens (tertiary/aromatic N) is 1. The minimum absolute atomic E-state index is 0.231. The Morgan fingerprint density at radius 3 is 2.56 bits per heavy atom. The third-order valence-corrected chi connectivity index (χ3v) is 5.57. The molecule has 1 saturated heterocycles. The summed E-state index contributed by atoms with van der Waals surface area (Å²) in [6.45, 7) is 0. The highest BCUT2D eigenvalue weighted by Crippen LogP contribution is 2.41. The molecule has 1 N–H and O–H groups in total. The summed E-state index contributed by atoms with van der Waals surface area (Å²) < 4.78 is 0. The van der Waals surface area contributed by atoms with Crippen LogP contribution >= 0.6 is 23.4 Å². The number of hydrogen-bond donors (Lipinski definition) is 1. The summed E-state index contributed by atoms with van der Waals surface area (Å²) in [5, 5.41) is 10.6. The molecule has 1 aromatic rings. The molecule has 0 aromatic heterocycles. The van der Waals surface area contributed by atoms with E-state index in [1.54, 1.807) is 12.1 Å². The van der Waals surface area contributed by atoms with E-state index in [0.29, 0.717) is 22.4 Å². The van der Waals surface area contributed by atoms with Gasteiger partial charge in [0.15, 0.2) is 0 Å². The van der Waals surface area contributed by atoms with Gasteiger partial charge in [0, 0.05) is 22.2 Å². The predicted octanol–water partition coefficient (Wildman–Crippen LogP) is 3.54. The highest BCUT2D eigenvalue weighted by atomic mass is 35.5. The van der Waals surface area contributed by atoms with Crippen LogP contribution in [0.5, 0.6) is 5.75 Å². The van der Waals surface area contributed by atoms with E-state index in [1.165, 1.54) is 12.8 Å². The Hall–Kier alpha value is -0.640. The van der Waals surface area contributed by atoms with Crippen LogP contribution in [-0.2, 0) is 0 Å². The highest BCUT2D eigenvalue weighted by Gasteiger charge is 2.35. The number of thioether (sulfide) groups is 1. The van der Waals surface area contributed by atoms with Gasteiger partial charge in [-0.15, -0.1) is 11.8 Å². The lowest BCUT2D eigenvalue weighted by atomic mass is 10.0. The molecule has 4 heteroatoms. The van der Waals surface area contributed by atoms with Gasteiger partial charge < -0.3 is 5.11 Å². The minimum atomic E-state index is 0.231. The van der Waals surface area contributed by atoms with Crippen molar-refractivity contribution < 1.29 is 5.11 Å². The molecule has 1 aromatic carbocycles. The molecule has 2 heterocycles. The van der Waals surface area contributed by atoms with E-state index in [0.717, 1.165) is 4.90 Å². The Labute approximate surface area is 117 Å². The zero-order valence-corrected chi connectivity index (χ0v) is 11.8. The van der Waals surface area contributed by atoms with Crippen molar-refractivity contribution in [3.8, 4) is 5.75 Å². The Balaban J connectivity index is 1.71. The fourth-order valence-corrected chi connectivity index (χ4v) is 4.33. The van der Waals surface area contributed by atoms with Gasteiger partial charge in [-0.1, -0.05) is 23.8 Å². The molecule has 0 aliphatic carbocycles. The van der Waals surface area contributed by atoms with Crippen LogP contribution in [0.4, 0.5) is 0 Å². The Kier molecular flexibility index (Phi) is 3.31. The number of likely N-dealkylation sites (N-methyl/N-ethyl adjacent to an activating group) is 1. The molecule has 0 saturated carbocycles. The second kappa shape index (κ2) is 4.80. The maximum atomic E-state index is 9.36. The van der Waals surface area contributed by atoms with Crippen LogP contribution in [0, 0.1) is 0 Å². The van der Waals surface area contributed by atoms with Gasteiger partial charge >= 0.3 is 0 Å². The van der Waals surface area contributed by atoms with Crippen molar-refractivity contribution >= 4 is 23.4 Å². The number of benzene rings is 1. The van der Waals surface area contributed by atoms with Crippen molar-refractivity contribution in [2.75, 3.05) is 7.05 Å². The number of fused-ring (bicyclic) bond motifs is 2. The number of phenolic OH excluding ortho intramolecular Hbond substituents is 1. The van der Waals surface area contributed by atoms with Crippen LogP contribution in [0.15, 0.2) is 35.2 Å². The Bertz CT molecular complexity index is 475. The first kappa shape index (κ1) is 12.4. The van der Waals surface area contributed by atoms with Crippen LogP contribution < -0.4 is 0 Å². The second-order valence-corrected chi connectivity index (χ2v) is 6.76. The molecule has 2 nitrogen and oxygen atoms in total. The first-order valence-electron chi connectivity index (χ1n) is 6.19. The topological polar surface area (TPSA) is 23.5 Å². The highest BCUT2D eigenvalue weighted by molar-refractivity contribution is 8.00. The quantitative estimate of drug-likeness (QED) is 0.839. The third kappa shape index (κ3) is 2.27. The zero-order chi connectivity index (χ0) is 12.7. The molecule has 0 radical (unpaired) electrons. The van der Waals surface area contributed by atoms with Crippen LogP contribution in [0.2, 0.25) is 5.02 Å². The first-order chi connectivity index (χ1) is 8.63. The maximum Gasteiger partial charge on any atom is 0.117 e. The number of hydrogen-bond acceptors (Lipinski definition) is 3. The van der Waals surface area contributed by atoms with Crippen LogP contribution in [0.1, 0.15) is 12.8 Å². The standard InChI is InChI=1S/C14H16ClNOS/c1-16-9-2-3-10(16)7-12(6-9)18-14-5-4-11(17)8-13(14)15/h2-5,8-10,12,17H,6-7H2,1H3/t9-,10+,12?. The van der Waals surface area contributed by atoms with Gasteiger partial charge in [0.1, 0.15) is 5.75 Å². The molecular weight excluding hydrogens is 266 g/mol. The molecule has 96 valence electrons. The number of aromatic hydroxyl groups is 1. The number of piperidine rings is 1. The Morgan fingerprint density at radius 1 is 1.28 bits per heavy atom. The van der Waals surface area contributed by atoms with Gasteiger partial charge in [-0.3, -0.25) is 4.90 Å². The van der Waals surface area contributed by atoms with Gasteiger partial charge in [-0.05, 0) is 38.1 Å². The van der Waals surface area contributed by atoms with Crippen molar-refractivity contribution in [1.82, 2.24) is 4.90 Å². The molecule has 0 spiro atoms. The van der Waals surface area contributed by atoms with Crippen molar-refractivity contribution in [1.29, 1.82) is 0 Å². The molecule has 1 unspecified atom stereocenters. The van der Waals surface area contributed by atoms with E-state index >= 15 is 0 Å². The molecule has 1 fully saturated rings. The van der Waals surface area contributed by atoms with Crippen molar-refractivity contribution in [3.05, 3.63) is 35.4 Å². The van der Waals surface area contributed by atoms with Gasteiger partial charge in [-0.2, -0.15) is 0 Å². The van der Waals surface area contributed by atoms with E-state index in [4.69, 9.17) is 11.6 Å². The van der Waals surface area contributed by atoms with Crippen molar-refractivity contribution in [2.24, 2.45) is 0 Å². The SMILES string of the molecule is CN1[C@@H]2C=C[C@H]1CC(Sc1ccc(O)cc1Cl)C2. The normalized spacial score (nSPS) is 30.9. The lowest BCUT2D eigenvalue weighted by Crippen LogP contribution is -2.41. The molecular formula is C14H16ClNOS. The van der Waals surface area contributed by atoms with Crippen molar-refractivity contribution in [2.45, 2.75) is 35.1 Å². The minimum Gasteiger partial charge on any atom is -0.508 e. The smallest absolute Gasteiger partial charge is 0.117 e. The fraction of sp³-hybridized carbons (Fsp3) is 0.429. The van der Waals surface area contributed by atoms with Gasteiger partial charge in [0.25, 0.3) is 0 Å². The lowest BCUT2D eigenvalue weighted by molar-refractivity contribution is 0.200. The zero-order valence-electron chi connectivity index (χ0n) is 10.2. The number of phenols is 1. The summed E-state index contributed by atoms with van der Waals surface area (Å²) >= 11 is 8.00. The van der Waals surface area contributed by atoms with Gasteiger partial charge in [0.05, 0.1) is 5.02 Å². The van der Waals surface area contributed by atoms with Gasteiger partial charge in [0.2, 0.25) is 0 Å². The molecule has 0 amide bonds. The van der Waals surface area contributed by atoms with E-state index in [-0.39, 0.29) is 5.75 Å². The van der Waals surface area contributed by atoms with E-state index in [9.17, 15) is 5.11 Å². The van der Waals surface area contributed by atoms with E-state index in [2.05, 4.69) is 24.1 Å². The van der Waals surface area contributed by atoms with Crippen LogP contribution in [0.25, 0.3) is 0 Å². The summed E-state index contributed by atoms with van der Waals surface area (Å²) in [5.74, 6) is 0.231. The monoisotopic (exact) mass is 281 g/mol. The number of rotatable bonds is 2. The molecule has 3 atom stereocenters. The molecule has 2 bridgehead atoms. The summed E-state index contributed by atoms with van der Waals surface area (Å²) in [7, 11) is 2.20. The molecule has 3 rings (SSSR count). The summed E-state index contributed by atoms with van der Waals surface area (Å²) in [6, 6.07) is 6.40. The van der Waals surface area contributed by atoms with Crippen molar-refractivity contribution in [3.63, 3.8) is 0 Å². The Morgan fingerprint density at radius 2 is 1.94 bits per heavy atom. The van der Waals surface area contributed by atoms with E-state index < -0.39 is 0 Å². The third-order valence-electron chi connectivity index (χ3n) is 3.82. The van der Waals surface area contributed by atoms with Crippen LogP contribution in [0.3, 0.4) is 0 Å². The van der Waals surface area contributed by atoms with E-state index in [1.807, 2.05) is 17.8 Å². The maximum absolute atomic E-state index is 9.36. The molecule has 2 aliphatic rings. The molecule has 2 aliphatic heterocycles. The van der Waals surface area contributed by atoms with Crippen LogP contribution in [-0.4, -0.2) is 34.4 Å². The second-order valence-electron chi connectivity index (χ2n) is 5.01. The molecule has 18 heavy (non-hydrogen) atoms. The predicted molar refractivity (Wildman–Crippen MR) is 76.5 cm³/mol. The first-order valence-corrected chi connectivity index (χ1v) is 7.44. The fourth-order valence-electron chi connectivity index (χ4n) is 2.76.